The zero-order valence-electron chi connectivity index (χ0n) is 16.9. The van der Waals surface area contributed by atoms with Crippen LogP contribution in [-0.4, -0.2) is 38.4 Å². The zero-order chi connectivity index (χ0) is 21.2. The highest BCUT2D eigenvalue weighted by Gasteiger charge is 2.33. The quantitative estimate of drug-likeness (QED) is 0.505. The highest BCUT2D eigenvalue weighted by atomic mass is 32.1. The zero-order valence-corrected chi connectivity index (χ0v) is 17.7. The van der Waals surface area contributed by atoms with Gasteiger partial charge in [0.2, 0.25) is 5.91 Å². The number of carbonyl (C=O) groups is 1. The van der Waals surface area contributed by atoms with Crippen molar-refractivity contribution in [3.63, 3.8) is 0 Å². The first kappa shape index (κ1) is 19.4. The maximum absolute atomic E-state index is 13.2. The van der Waals surface area contributed by atoms with E-state index in [1.165, 1.54) is 0 Å². The number of aromatic nitrogens is 4. The summed E-state index contributed by atoms with van der Waals surface area (Å²) in [6.45, 7) is 2.73. The molecule has 3 aromatic heterocycles. The van der Waals surface area contributed by atoms with Gasteiger partial charge in [0, 0.05) is 24.6 Å². The van der Waals surface area contributed by atoms with Crippen LogP contribution < -0.4 is 15.0 Å². The topological polar surface area (TPSA) is 93.1 Å². The molecule has 156 valence electrons. The Kier molecular flexibility index (Phi) is 5.17. The number of fused-ring (bicyclic) bond motifs is 1. The average molecular weight is 433 g/mol. The van der Waals surface area contributed by atoms with Crippen molar-refractivity contribution in [2.24, 2.45) is 0 Å². The van der Waals surface area contributed by atoms with Crippen molar-refractivity contribution < 1.29 is 9.53 Å². The first-order chi connectivity index (χ1) is 15.2. The van der Waals surface area contributed by atoms with Gasteiger partial charge in [-0.3, -0.25) is 4.79 Å². The minimum absolute atomic E-state index is 0.0392. The molecule has 4 aromatic rings. The monoisotopic (exact) mass is 432 g/mol. The number of nitrogens with zero attached hydrogens (tertiary/aromatic N) is 5. The van der Waals surface area contributed by atoms with Crippen molar-refractivity contribution >= 4 is 39.0 Å². The third-order valence-corrected chi connectivity index (χ3v) is 6.10. The summed E-state index contributed by atoms with van der Waals surface area (Å²) in [5.74, 6) is 1.40. The second-order valence-corrected chi connectivity index (χ2v) is 8.18. The Hall–Kier alpha value is -3.59. The Balaban J connectivity index is 1.33. The lowest BCUT2D eigenvalue weighted by atomic mass is 10.1. The van der Waals surface area contributed by atoms with Crippen LogP contribution in [0.2, 0.25) is 0 Å². The van der Waals surface area contributed by atoms with Gasteiger partial charge in [0.25, 0.3) is 0 Å². The van der Waals surface area contributed by atoms with Crippen LogP contribution in [0.1, 0.15) is 18.4 Å². The molecule has 1 N–H and O–H groups in total. The molecule has 1 amide bonds. The minimum atomic E-state index is -0.272. The van der Waals surface area contributed by atoms with Crippen molar-refractivity contribution in [2.75, 3.05) is 16.8 Å². The van der Waals surface area contributed by atoms with Crippen molar-refractivity contribution in [2.45, 2.75) is 25.8 Å². The van der Waals surface area contributed by atoms with Crippen molar-refractivity contribution in [1.29, 1.82) is 0 Å². The summed E-state index contributed by atoms with van der Waals surface area (Å²) < 4.78 is 5.67. The molecule has 31 heavy (non-hydrogen) atoms. The Labute approximate surface area is 183 Å². The largest absolute Gasteiger partial charge is 0.424 e. The standard InChI is InChI=1S/C22H20N6O2S/c1-14-12-15(30-22-23-8-3-9-24-22)5-6-17(14)27-20(29)18-4-2-10-28(18)19-16-7-11-31-21(16)26-13-25-19/h3,5-9,11-13,18H,2,4,10H2,1H3,(H,27,29). The fraction of sp³-hybridized carbons (Fsp3) is 0.227. The third-order valence-electron chi connectivity index (χ3n) is 5.28. The predicted octanol–water partition coefficient (Wildman–Crippen LogP) is 4.19. The molecule has 0 radical (unpaired) electrons. The predicted molar refractivity (Wildman–Crippen MR) is 120 cm³/mol. The minimum Gasteiger partial charge on any atom is -0.424 e. The Morgan fingerprint density at radius 2 is 2.06 bits per heavy atom. The van der Waals surface area contributed by atoms with Gasteiger partial charge < -0.3 is 15.0 Å². The summed E-state index contributed by atoms with van der Waals surface area (Å²) in [5.41, 5.74) is 1.65. The molecule has 5 rings (SSSR count). The summed E-state index contributed by atoms with van der Waals surface area (Å²) in [6, 6.07) is 9.25. The van der Waals surface area contributed by atoms with E-state index >= 15 is 0 Å². The molecule has 1 aliphatic heterocycles. The van der Waals surface area contributed by atoms with Gasteiger partial charge in [-0.05, 0) is 61.0 Å². The number of amides is 1. The Bertz CT molecular complexity index is 1230. The SMILES string of the molecule is Cc1cc(Oc2ncccn2)ccc1NC(=O)C1CCCN1c1ncnc2sccc12. The number of carbonyl (C=O) groups excluding carboxylic acids is 1. The second kappa shape index (κ2) is 8.27. The van der Waals surface area contributed by atoms with E-state index in [1.807, 2.05) is 30.5 Å². The molecule has 1 aromatic carbocycles. The van der Waals surface area contributed by atoms with Gasteiger partial charge in [-0.2, -0.15) is 0 Å². The number of hydrogen-bond acceptors (Lipinski definition) is 8. The normalized spacial score (nSPS) is 15.9. The number of nitrogens with one attached hydrogen (secondary N) is 1. The van der Waals surface area contributed by atoms with E-state index in [9.17, 15) is 4.79 Å². The summed E-state index contributed by atoms with van der Waals surface area (Å²) in [7, 11) is 0. The lowest BCUT2D eigenvalue weighted by Crippen LogP contribution is -2.40. The highest BCUT2D eigenvalue weighted by molar-refractivity contribution is 7.16. The Morgan fingerprint density at radius 1 is 1.19 bits per heavy atom. The number of hydrogen-bond donors (Lipinski definition) is 1. The van der Waals surface area contributed by atoms with Crippen LogP contribution in [0.3, 0.4) is 0 Å². The fourth-order valence-corrected chi connectivity index (χ4v) is 4.53. The van der Waals surface area contributed by atoms with E-state index < -0.39 is 0 Å². The molecule has 0 saturated carbocycles. The number of ether oxygens (including phenoxy) is 1. The van der Waals surface area contributed by atoms with E-state index in [1.54, 1.807) is 42.2 Å². The third kappa shape index (κ3) is 3.91. The average Bonchev–Trinajstić information content (AvgIpc) is 3.46. The van der Waals surface area contributed by atoms with E-state index in [-0.39, 0.29) is 18.0 Å². The van der Waals surface area contributed by atoms with Gasteiger partial charge in [-0.15, -0.1) is 11.3 Å². The van der Waals surface area contributed by atoms with Crippen LogP contribution in [0.25, 0.3) is 10.2 Å². The van der Waals surface area contributed by atoms with Crippen LogP contribution in [0.5, 0.6) is 11.8 Å². The van der Waals surface area contributed by atoms with Crippen molar-refractivity contribution in [3.8, 4) is 11.8 Å². The van der Waals surface area contributed by atoms with Crippen molar-refractivity contribution in [3.05, 3.63) is 60.0 Å². The highest BCUT2D eigenvalue weighted by Crippen LogP contribution is 2.32. The smallest absolute Gasteiger partial charge is 0.321 e. The number of anilines is 2. The summed E-state index contributed by atoms with van der Waals surface area (Å²) in [6.07, 6.45) is 6.54. The molecule has 0 aliphatic carbocycles. The van der Waals surface area contributed by atoms with E-state index in [0.29, 0.717) is 5.75 Å². The maximum atomic E-state index is 13.2. The molecule has 1 unspecified atom stereocenters. The molecular formula is C22H20N6O2S. The molecule has 0 bridgehead atoms. The molecular weight excluding hydrogens is 412 g/mol. The number of rotatable bonds is 5. The van der Waals surface area contributed by atoms with E-state index in [4.69, 9.17) is 4.74 Å². The van der Waals surface area contributed by atoms with E-state index in [0.717, 1.165) is 46.7 Å². The molecule has 1 aliphatic rings. The number of thiophene rings is 1. The molecule has 0 spiro atoms. The first-order valence-electron chi connectivity index (χ1n) is 10.0. The van der Waals surface area contributed by atoms with Crippen LogP contribution in [-0.2, 0) is 4.79 Å². The molecule has 1 atom stereocenters. The Morgan fingerprint density at radius 3 is 2.90 bits per heavy atom. The molecule has 9 heteroatoms. The lowest BCUT2D eigenvalue weighted by molar-refractivity contribution is -0.117. The summed E-state index contributed by atoms with van der Waals surface area (Å²) >= 11 is 1.58. The van der Waals surface area contributed by atoms with Gasteiger partial charge in [-0.25, -0.2) is 19.9 Å². The van der Waals surface area contributed by atoms with Crippen LogP contribution >= 0.6 is 11.3 Å². The second-order valence-electron chi connectivity index (χ2n) is 7.29. The van der Waals surface area contributed by atoms with Gasteiger partial charge in [0.1, 0.15) is 28.8 Å². The lowest BCUT2D eigenvalue weighted by Gasteiger charge is -2.25. The van der Waals surface area contributed by atoms with Crippen molar-refractivity contribution in [1.82, 2.24) is 19.9 Å². The molecule has 4 heterocycles. The molecule has 1 fully saturated rings. The summed E-state index contributed by atoms with van der Waals surface area (Å²) in [5, 5.41) is 6.07. The number of aryl methyl sites for hydroxylation is 1. The van der Waals surface area contributed by atoms with Crippen LogP contribution in [0.15, 0.2) is 54.4 Å². The molecule has 1 saturated heterocycles. The number of benzene rings is 1. The summed E-state index contributed by atoms with van der Waals surface area (Å²) in [4.78, 5) is 33.1. The van der Waals surface area contributed by atoms with Gasteiger partial charge >= 0.3 is 6.01 Å². The first-order valence-corrected chi connectivity index (χ1v) is 10.9. The van der Waals surface area contributed by atoms with Crippen LogP contribution in [0, 0.1) is 6.92 Å². The van der Waals surface area contributed by atoms with Crippen LogP contribution in [0.4, 0.5) is 11.5 Å². The van der Waals surface area contributed by atoms with E-state index in [2.05, 4.69) is 30.2 Å². The fourth-order valence-electron chi connectivity index (χ4n) is 3.80. The van der Waals surface area contributed by atoms with Gasteiger partial charge in [0.15, 0.2) is 0 Å². The van der Waals surface area contributed by atoms with Gasteiger partial charge in [0.05, 0.1) is 5.39 Å². The maximum Gasteiger partial charge on any atom is 0.321 e. The van der Waals surface area contributed by atoms with Gasteiger partial charge in [-0.1, -0.05) is 0 Å². The molecule has 8 nitrogen and oxygen atoms in total.